The molecule has 0 aromatic carbocycles. The maximum absolute atomic E-state index is 10.4. The maximum Gasteiger partial charge on any atom is 0.0804 e. The molecule has 0 spiro atoms. The van der Waals surface area contributed by atoms with E-state index in [-0.39, 0.29) is 24.0 Å². The average Bonchev–Trinajstić information content (AvgIpc) is 2.91. The molecular formula is C21H32O4. The zero-order chi connectivity index (χ0) is 18.2. The van der Waals surface area contributed by atoms with Crippen molar-refractivity contribution in [2.45, 2.75) is 70.2 Å². The van der Waals surface area contributed by atoms with E-state index in [0.717, 1.165) is 36.8 Å². The van der Waals surface area contributed by atoms with Gasteiger partial charge in [-0.1, -0.05) is 36.8 Å². The van der Waals surface area contributed by atoms with E-state index in [2.05, 4.69) is 25.7 Å². The van der Waals surface area contributed by atoms with Crippen LogP contribution in [0.3, 0.4) is 0 Å². The minimum atomic E-state index is -0.715. The second kappa shape index (κ2) is 7.36. The van der Waals surface area contributed by atoms with Crippen LogP contribution in [0.5, 0.6) is 0 Å². The second-order valence-electron chi connectivity index (χ2n) is 8.49. The number of hydrogen-bond acceptors (Lipinski definition) is 4. The summed E-state index contributed by atoms with van der Waals surface area (Å²) < 4.78 is 0. The lowest BCUT2D eigenvalue weighted by atomic mass is 9.61. The monoisotopic (exact) mass is 348 g/mol. The Labute approximate surface area is 150 Å². The van der Waals surface area contributed by atoms with Gasteiger partial charge < -0.3 is 20.4 Å². The van der Waals surface area contributed by atoms with Gasteiger partial charge in [0.2, 0.25) is 0 Å². The summed E-state index contributed by atoms with van der Waals surface area (Å²) in [6, 6.07) is 0. The standard InChI is InChI=1S/C21H32O4/c1-13-3-6-16(23)9-14(13)4-5-15-10-17(24)11-21(2)18(15)7-8-19(21)20(25)12-22/h4-5,16-20,22-25H,1,3,6-12H2,2H3/t16-,17-,18+,19-,20-,21+/m1/s1. The first-order valence-corrected chi connectivity index (χ1v) is 9.58. The molecule has 140 valence electrons. The Hall–Kier alpha value is -0.940. The molecule has 0 bridgehead atoms. The first-order chi connectivity index (χ1) is 11.8. The topological polar surface area (TPSA) is 80.9 Å². The second-order valence-corrected chi connectivity index (χ2v) is 8.49. The highest BCUT2D eigenvalue weighted by Gasteiger charge is 2.53. The summed E-state index contributed by atoms with van der Waals surface area (Å²) >= 11 is 0. The highest BCUT2D eigenvalue weighted by atomic mass is 16.3. The van der Waals surface area contributed by atoms with E-state index in [0.29, 0.717) is 25.2 Å². The molecule has 0 amide bonds. The largest absolute Gasteiger partial charge is 0.394 e. The van der Waals surface area contributed by atoms with Crippen LogP contribution in [0, 0.1) is 17.3 Å². The minimum absolute atomic E-state index is 0.0278. The van der Waals surface area contributed by atoms with Gasteiger partial charge in [0.1, 0.15) is 0 Å². The van der Waals surface area contributed by atoms with Gasteiger partial charge in [0.15, 0.2) is 0 Å². The molecule has 6 atom stereocenters. The molecule has 25 heavy (non-hydrogen) atoms. The van der Waals surface area contributed by atoms with Gasteiger partial charge in [0.05, 0.1) is 24.9 Å². The first kappa shape index (κ1) is 18.8. The predicted molar refractivity (Wildman–Crippen MR) is 97.8 cm³/mol. The summed E-state index contributed by atoms with van der Waals surface area (Å²) in [6.45, 7) is 6.05. The van der Waals surface area contributed by atoms with E-state index in [1.54, 1.807) is 0 Å². The third-order valence-corrected chi connectivity index (χ3v) is 6.84. The average molecular weight is 348 g/mol. The number of hydrogen-bond donors (Lipinski definition) is 4. The molecule has 3 fully saturated rings. The van der Waals surface area contributed by atoms with Gasteiger partial charge in [0, 0.05) is 0 Å². The molecule has 0 heterocycles. The summed E-state index contributed by atoms with van der Waals surface area (Å²) in [5.41, 5.74) is 3.27. The molecule has 4 N–H and O–H groups in total. The lowest BCUT2D eigenvalue weighted by Gasteiger charge is -2.45. The van der Waals surface area contributed by atoms with Gasteiger partial charge in [-0.25, -0.2) is 0 Å². The van der Waals surface area contributed by atoms with E-state index in [9.17, 15) is 20.4 Å². The Kier molecular flexibility index (Phi) is 5.54. The van der Waals surface area contributed by atoms with Crippen molar-refractivity contribution in [3.8, 4) is 0 Å². The molecule has 0 unspecified atom stereocenters. The zero-order valence-electron chi connectivity index (χ0n) is 15.2. The third-order valence-electron chi connectivity index (χ3n) is 6.84. The number of aliphatic hydroxyl groups excluding tert-OH is 4. The molecule has 0 aromatic heterocycles. The van der Waals surface area contributed by atoms with E-state index >= 15 is 0 Å². The number of aliphatic hydroxyl groups is 4. The lowest BCUT2D eigenvalue weighted by molar-refractivity contribution is -0.0366. The summed E-state index contributed by atoms with van der Waals surface area (Å²) in [5, 5.41) is 39.9. The summed E-state index contributed by atoms with van der Waals surface area (Å²) in [6.07, 6.45) is 8.29. The van der Waals surface area contributed by atoms with Crippen molar-refractivity contribution < 1.29 is 20.4 Å². The van der Waals surface area contributed by atoms with Crippen LogP contribution < -0.4 is 0 Å². The van der Waals surface area contributed by atoms with Crippen molar-refractivity contribution in [2.24, 2.45) is 17.3 Å². The Morgan fingerprint density at radius 2 is 1.92 bits per heavy atom. The lowest BCUT2D eigenvalue weighted by Crippen LogP contribution is -2.43. The van der Waals surface area contributed by atoms with Crippen LogP contribution in [0.25, 0.3) is 0 Å². The summed E-state index contributed by atoms with van der Waals surface area (Å²) in [4.78, 5) is 0. The van der Waals surface area contributed by atoms with Crippen molar-refractivity contribution in [2.75, 3.05) is 6.61 Å². The number of rotatable bonds is 3. The molecule has 0 aromatic rings. The summed E-state index contributed by atoms with van der Waals surface area (Å²) in [5.74, 6) is 0.362. The van der Waals surface area contributed by atoms with Crippen LogP contribution in [0.4, 0.5) is 0 Å². The smallest absolute Gasteiger partial charge is 0.0804 e. The molecule has 0 radical (unpaired) electrons. The normalized spacial score (nSPS) is 43.5. The van der Waals surface area contributed by atoms with Gasteiger partial charge in [0.25, 0.3) is 0 Å². The van der Waals surface area contributed by atoms with Crippen molar-refractivity contribution in [3.05, 3.63) is 35.5 Å². The molecule has 0 aliphatic heterocycles. The van der Waals surface area contributed by atoms with E-state index < -0.39 is 12.2 Å². The molecule has 3 aliphatic carbocycles. The van der Waals surface area contributed by atoms with Crippen LogP contribution in [0.1, 0.15) is 51.9 Å². The SMILES string of the molecule is C=C1CC[C@@H](O)CC1=CC=C1C[C@@H](O)C[C@]2(C)[C@@H]([C@H](O)CO)CC[C@@H]12. The van der Waals surface area contributed by atoms with Crippen molar-refractivity contribution in [1.29, 1.82) is 0 Å². The van der Waals surface area contributed by atoms with E-state index in [4.69, 9.17) is 0 Å². The number of allylic oxidation sites excluding steroid dienone is 3. The molecule has 0 saturated heterocycles. The molecular weight excluding hydrogens is 316 g/mol. The van der Waals surface area contributed by atoms with Gasteiger partial charge in [-0.15, -0.1) is 0 Å². The fraction of sp³-hybridized carbons (Fsp3) is 0.714. The Balaban J connectivity index is 1.85. The first-order valence-electron chi connectivity index (χ1n) is 9.58. The molecule has 4 heteroatoms. The fourth-order valence-corrected chi connectivity index (χ4v) is 5.50. The molecule has 3 saturated carbocycles. The molecule has 3 rings (SSSR count). The van der Waals surface area contributed by atoms with Crippen LogP contribution >= 0.6 is 0 Å². The van der Waals surface area contributed by atoms with Gasteiger partial charge in [-0.2, -0.15) is 0 Å². The summed E-state index contributed by atoms with van der Waals surface area (Å²) in [7, 11) is 0. The quantitative estimate of drug-likeness (QED) is 0.632. The van der Waals surface area contributed by atoms with Crippen LogP contribution in [-0.2, 0) is 0 Å². The van der Waals surface area contributed by atoms with Gasteiger partial charge in [-0.3, -0.25) is 0 Å². The van der Waals surface area contributed by atoms with Crippen LogP contribution in [0.2, 0.25) is 0 Å². The molecule has 3 aliphatic rings. The fourth-order valence-electron chi connectivity index (χ4n) is 5.50. The Morgan fingerprint density at radius 3 is 2.64 bits per heavy atom. The number of fused-ring (bicyclic) bond motifs is 1. The van der Waals surface area contributed by atoms with Crippen molar-refractivity contribution >= 4 is 0 Å². The van der Waals surface area contributed by atoms with Crippen molar-refractivity contribution in [1.82, 2.24) is 0 Å². The van der Waals surface area contributed by atoms with E-state index in [1.165, 1.54) is 5.57 Å². The maximum atomic E-state index is 10.4. The predicted octanol–water partition coefficient (Wildman–Crippen LogP) is 2.48. The van der Waals surface area contributed by atoms with Gasteiger partial charge in [-0.05, 0) is 67.8 Å². The molecule has 4 nitrogen and oxygen atoms in total. The minimum Gasteiger partial charge on any atom is -0.394 e. The Morgan fingerprint density at radius 1 is 1.16 bits per heavy atom. The Bertz CT molecular complexity index is 578. The highest BCUT2D eigenvalue weighted by molar-refractivity contribution is 5.36. The third kappa shape index (κ3) is 3.63. The van der Waals surface area contributed by atoms with Crippen LogP contribution in [-0.4, -0.2) is 45.3 Å². The van der Waals surface area contributed by atoms with Crippen molar-refractivity contribution in [3.63, 3.8) is 0 Å². The zero-order valence-corrected chi connectivity index (χ0v) is 15.2. The van der Waals surface area contributed by atoms with Gasteiger partial charge >= 0.3 is 0 Å². The highest BCUT2D eigenvalue weighted by Crippen LogP contribution is 2.58. The van der Waals surface area contributed by atoms with Crippen LogP contribution in [0.15, 0.2) is 35.5 Å². The van der Waals surface area contributed by atoms with E-state index in [1.807, 2.05) is 0 Å².